The van der Waals surface area contributed by atoms with Crippen LogP contribution in [0.15, 0.2) is 6.33 Å². The minimum Gasteiger partial charge on any atom is -0.357 e. The van der Waals surface area contributed by atoms with Crippen LogP contribution in [0.3, 0.4) is 0 Å². The Balaban J connectivity index is 2.47. The third kappa shape index (κ3) is 3.48. The molecule has 5 heteroatoms. The second-order valence-corrected chi connectivity index (χ2v) is 4.38. The molecule has 0 fully saturated rings. The van der Waals surface area contributed by atoms with E-state index in [1.54, 1.807) is 6.33 Å². The molecule has 0 aliphatic rings. The smallest absolute Gasteiger partial charge is 0.202 e. The molecule has 0 aliphatic heterocycles. The third-order valence-corrected chi connectivity index (χ3v) is 2.71. The molecule has 3 nitrogen and oxygen atoms in total. The monoisotopic (exact) mass is 219 g/mol. The van der Waals surface area contributed by atoms with E-state index < -0.39 is 0 Å². The fourth-order valence-corrected chi connectivity index (χ4v) is 1.81. The highest BCUT2D eigenvalue weighted by Gasteiger charge is 2.13. The van der Waals surface area contributed by atoms with Crippen molar-refractivity contribution in [3.8, 4) is 0 Å². The second kappa shape index (κ2) is 5.40. The number of hydrogen-bond donors (Lipinski definition) is 1. The van der Waals surface area contributed by atoms with Gasteiger partial charge in [0.05, 0.1) is 0 Å². The first-order chi connectivity index (χ1) is 6.24. The lowest BCUT2D eigenvalue weighted by Gasteiger charge is -2.20. The van der Waals surface area contributed by atoms with Crippen LogP contribution in [0.4, 0.5) is 5.13 Å². The molecule has 1 atom stereocenters. The number of rotatable bonds is 5. The number of aromatic nitrogens is 2. The van der Waals surface area contributed by atoms with Crippen LogP contribution in [0.1, 0.15) is 20.3 Å². The molecular formula is C8H14ClN3S. The predicted molar refractivity (Wildman–Crippen MR) is 57.5 cm³/mol. The summed E-state index contributed by atoms with van der Waals surface area (Å²) in [7, 11) is 0. The van der Waals surface area contributed by atoms with Crippen molar-refractivity contribution in [2.24, 2.45) is 5.92 Å². The summed E-state index contributed by atoms with van der Waals surface area (Å²) in [6.07, 6.45) is 2.52. The van der Waals surface area contributed by atoms with Crippen molar-refractivity contribution in [3.05, 3.63) is 6.33 Å². The molecule has 1 aromatic heterocycles. The van der Waals surface area contributed by atoms with E-state index in [1.807, 2.05) is 0 Å². The van der Waals surface area contributed by atoms with Gasteiger partial charge in [0.25, 0.3) is 0 Å². The molecule has 1 rings (SSSR count). The zero-order chi connectivity index (χ0) is 9.68. The number of hydrogen-bond acceptors (Lipinski definition) is 4. The van der Waals surface area contributed by atoms with Crippen LogP contribution in [0.5, 0.6) is 0 Å². The van der Waals surface area contributed by atoms with Crippen molar-refractivity contribution in [1.82, 2.24) is 9.36 Å². The fourth-order valence-electron chi connectivity index (χ4n) is 1.09. The standard InChI is InChI=1S/C8H14ClN3S/c1-6(2)7(3-4-9)12-8-10-5-11-13-8/h5-7H,3-4H2,1-2H3,(H,10,11,12). The maximum absolute atomic E-state index is 5.71. The maximum Gasteiger partial charge on any atom is 0.202 e. The number of anilines is 1. The summed E-state index contributed by atoms with van der Waals surface area (Å²) in [5.74, 6) is 1.23. The lowest BCUT2D eigenvalue weighted by molar-refractivity contribution is 0.513. The van der Waals surface area contributed by atoms with E-state index in [9.17, 15) is 0 Å². The fraction of sp³-hybridized carbons (Fsp3) is 0.750. The highest BCUT2D eigenvalue weighted by Crippen LogP contribution is 2.15. The summed E-state index contributed by atoms with van der Waals surface area (Å²) in [5.41, 5.74) is 0. The first kappa shape index (κ1) is 10.7. The van der Waals surface area contributed by atoms with Gasteiger partial charge in [-0.05, 0) is 12.3 Å². The van der Waals surface area contributed by atoms with Crippen LogP contribution in [-0.2, 0) is 0 Å². The minimum absolute atomic E-state index is 0.394. The Kier molecular flexibility index (Phi) is 4.45. The van der Waals surface area contributed by atoms with Gasteiger partial charge in [0.15, 0.2) is 0 Å². The van der Waals surface area contributed by atoms with Gasteiger partial charge in [-0.1, -0.05) is 13.8 Å². The van der Waals surface area contributed by atoms with E-state index >= 15 is 0 Å². The molecule has 1 heterocycles. The average molecular weight is 220 g/mol. The lowest BCUT2D eigenvalue weighted by atomic mass is 10.0. The normalized spacial score (nSPS) is 13.2. The van der Waals surface area contributed by atoms with Crippen molar-refractivity contribution in [1.29, 1.82) is 0 Å². The van der Waals surface area contributed by atoms with E-state index in [0.29, 0.717) is 17.8 Å². The van der Waals surface area contributed by atoms with Crippen LogP contribution in [0.25, 0.3) is 0 Å². The Morgan fingerprint density at radius 3 is 2.85 bits per heavy atom. The Morgan fingerprint density at radius 1 is 1.62 bits per heavy atom. The molecule has 0 radical (unpaired) electrons. The third-order valence-electron chi connectivity index (χ3n) is 1.90. The average Bonchev–Trinajstić information content (AvgIpc) is 2.56. The number of halogens is 1. The van der Waals surface area contributed by atoms with Gasteiger partial charge in [-0.15, -0.1) is 11.6 Å². The Morgan fingerprint density at radius 2 is 2.38 bits per heavy atom. The first-order valence-corrected chi connectivity index (χ1v) is 5.64. The molecule has 1 aromatic rings. The molecular weight excluding hydrogens is 206 g/mol. The largest absolute Gasteiger partial charge is 0.357 e. The molecule has 0 saturated carbocycles. The van der Waals surface area contributed by atoms with Crippen LogP contribution in [-0.4, -0.2) is 21.3 Å². The van der Waals surface area contributed by atoms with Gasteiger partial charge < -0.3 is 5.32 Å². The second-order valence-electron chi connectivity index (χ2n) is 3.22. The van der Waals surface area contributed by atoms with E-state index in [-0.39, 0.29) is 0 Å². The van der Waals surface area contributed by atoms with Crippen molar-refractivity contribution >= 4 is 28.3 Å². The number of nitrogens with one attached hydrogen (secondary N) is 1. The maximum atomic E-state index is 5.71. The van der Waals surface area contributed by atoms with Gasteiger partial charge in [-0.3, -0.25) is 0 Å². The Labute approximate surface area is 87.7 Å². The molecule has 0 bridgehead atoms. The zero-order valence-electron chi connectivity index (χ0n) is 7.83. The number of alkyl halides is 1. The quantitative estimate of drug-likeness (QED) is 0.774. The van der Waals surface area contributed by atoms with Gasteiger partial charge >= 0.3 is 0 Å². The molecule has 0 spiro atoms. The van der Waals surface area contributed by atoms with Gasteiger partial charge in [-0.25, -0.2) is 4.98 Å². The molecule has 0 aromatic carbocycles. The van der Waals surface area contributed by atoms with Crippen LogP contribution in [0.2, 0.25) is 0 Å². The highest BCUT2D eigenvalue weighted by molar-refractivity contribution is 7.09. The van der Waals surface area contributed by atoms with E-state index in [1.165, 1.54) is 11.5 Å². The summed E-state index contributed by atoms with van der Waals surface area (Å²) >= 11 is 7.09. The Bertz CT molecular complexity index is 225. The summed E-state index contributed by atoms with van der Waals surface area (Å²) in [6.45, 7) is 4.34. The van der Waals surface area contributed by atoms with Gasteiger partial charge in [0.1, 0.15) is 6.33 Å². The molecule has 1 unspecified atom stereocenters. The van der Waals surface area contributed by atoms with E-state index in [0.717, 1.165) is 11.6 Å². The first-order valence-electron chi connectivity index (χ1n) is 4.33. The van der Waals surface area contributed by atoms with Crippen molar-refractivity contribution < 1.29 is 0 Å². The predicted octanol–water partition coefficient (Wildman–Crippen LogP) is 2.60. The molecule has 0 aliphatic carbocycles. The summed E-state index contributed by atoms with van der Waals surface area (Å²) in [4.78, 5) is 4.07. The van der Waals surface area contributed by atoms with Crippen molar-refractivity contribution in [2.45, 2.75) is 26.3 Å². The molecule has 0 amide bonds. The highest BCUT2D eigenvalue weighted by atomic mass is 35.5. The zero-order valence-corrected chi connectivity index (χ0v) is 9.40. The molecule has 1 N–H and O–H groups in total. The summed E-state index contributed by atoms with van der Waals surface area (Å²) in [5, 5.41) is 4.20. The topological polar surface area (TPSA) is 37.8 Å². The van der Waals surface area contributed by atoms with Gasteiger partial charge in [-0.2, -0.15) is 4.37 Å². The van der Waals surface area contributed by atoms with Crippen LogP contribution in [0, 0.1) is 5.92 Å². The molecule has 74 valence electrons. The number of nitrogens with zero attached hydrogens (tertiary/aromatic N) is 2. The molecule has 0 saturated heterocycles. The minimum atomic E-state index is 0.394. The van der Waals surface area contributed by atoms with Crippen molar-refractivity contribution in [3.63, 3.8) is 0 Å². The van der Waals surface area contributed by atoms with Gasteiger partial charge in [0.2, 0.25) is 5.13 Å². The lowest BCUT2D eigenvalue weighted by Crippen LogP contribution is -2.25. The molecule has 13 heavy (non-hydrogen) atoms. The SMILES string of the molecule is CC(C)C(CCCl)Nc1ncns1. The van der Waals surface area contributed by atoms with Crippen LogP contribution < -0.4 is 5.32 Å². The summed E-state index contributed by atoms with van der Waals surface area (Å²) in [6, 6.07) is 0.394. The van der Waals surface area contributed by atoms with Crippen LogP contribution >= 0.6 is 23.1 Å². The van der Waals surface area contributed by atoms with E-state index in [2.05, 4.69) is 28.5 Å². The van der Waals surface area contributed by atoms with E-state index in [4.69, 9.17) is 11.6 Å². The Hall–Kier alpha value is -0.350. The van der Waals surface area contributed by atoms with Crippen molar-refractivity contribution in [2.75, 3.05) is 11.2 Å². The van der Waals surface area contributed by atoms with Gasteiger partial charge in [0, 0.05) is 23.5 Å². The summed E-state index contributed by atoms with van der Waals surface area (Å²) < 4.78 is 3.93.